The van der Waals surface area contributed by atoms with Crippen molar-refractivity contribution in [2.45, 2.75) is 20.5 Å². The van der Waals surface area contributed by atoms with Crippen LogP contribution in [0.2, 0.25) is 5.02 Å². The first-order valence-electron chi connectivity index (χ1n) is 10.9. The highest BCUT2D eigenvalue weighted by Crippen LogP contribution is 2.36. The predicted molar refractivity (Wildman–Crippen MR) is 146 cm³/mol. The fourth-order valence-corrected chi connectivity index (χ4v) is 4.71. The summed E-state index contributed by atoms with van der Waals surface area (Å²) >= 11 is 8.05. The zero-order valence-electron chi connectivity index (χ0n) is 19.7. The number of halogens is 2. The first kappa shape index (κ1) is 25.7. The molecule has 3 aromatic carbocycles. The van der Waals surface area contributed by atoms with Gasteiger partial charge in [0.15, 0.2) is 11.5 Å². The predicted octanol–water partition coefficient (Wildman–Crippen LogP) is 5.82. The number of anilines is 1. The second-order valence-corrected chi connectivity index (χ2v) is 9.80. The van der Waals surface area contributed by atoms with Gasteiger partial charge < -0.3 is 9.47 Å². The van der Waals surface area contributed by atoms with Crippen LogP contribution >= 0.6 is 34.2 Å². The number of carbonyl (C=O) groups excluding carboxylic acids is 3. The molecular weight excluding hydrogens is 595 g/mol. The fraction of sp³-hybridized carbons (Fsp3) is 0.148. The molecule has 0 aliphatic carbocycles. The Balaban J connectivity index is 1.65. The molecule has 4 rings (SSSR count). The summed E-state index contributed by atoms with van der Waals surface area (Å²) in [6.45, 7) is 4.03. The van der Waals surface area contributed by atoms with E-state index in [1.807, 2.05) is 25.1 Å². The van der Waals surface area contributed by atoms with Crippen LogP contribution in [0.4, 0.5) is 10.5 Å². The van der Waals surface area contributed by atoms with Gasteiger partial charge in [-0.05, 0) is 89.5 Å². The smallest absolute Gasteiger partial charge is 0.335 e. The molecule has 9 heteroatoms. The van der Waals surface area contributed by atoms with Gasteiger partial charge in [0.05, 0.1) is 16.4 Å². The Morgan fingerprint density at radius 1 is 1.03 bits per heavy atom. The number of nitrogens with zero attached hydrogens (tertiary/aromatic N) is 1. The Hall–Kier alpha value is -3.37. The maximum Gasteiger partial charge on any atom is 0.335 e. The van der Waals surface area contributed by atoms with Crippen molar-refractivity contribution >= 4 is 63.8 Å². The molecule has 0 bridgehead atoms. The zero-order valence-corrected chi connectivity index (χ0v) is 22.6. The monoisotopic (exact) mass is 616 g/mol. The Labute approximate surface area is 227 Å². The highest BCUT2D eigenvalue weighted by molar-refractivity contribution is 14.1. The summed E-state index contributed by atoms with van der Waals surface area (Å²) in [6, 6.07) is 15.3. The number of hydrogen-bond donors (Lipinski definition) is 1. The van der Waals surface area contributed by atoms with Crippen LogP contribution in [0, 0.1) is 17.4 Å². The third-order valence-corrected chi connectivity index (χ3v) is 6.61. The van der Waals surface area contributed by atoms with Crippen LogP contribution in [0.3, 0.4) is 0 Å². The molecule has 0 unspecified atom stereocenters. The van der Waals surface area contributed by atoms with Crippen LogP contribution in [0.1, 0.15) is 22.3 Å². The second kappa shape index (κ2) is 10.7. The average Bonchev–Trinajstić information content (AvgIpc) is 2.83. The van der Waals surface area contributed by atoms with Crippen LogP contribution in [0.25, 0.3) is 6.08 Å². The molecule has 1 fully saturated rings. The molecule has 1 aliphatic heterocycles. The van der Waals surface area contributed by atoms with Crippen molar-refractivity contribution in [2.75, 3.05) is 12.0 Å². The summed E-state index contributed by atoms with van der Waals surface area (Å²) in [5.41, 5.74) is 3.47. The average molecular weight is 617 g/mol. The first-order valence-corrected chi connectivity index (χ1v) is 12.4. The molecule has 4 amide bonds. The van der Waals surface area contributed by atoms with Gasteiger partial charge >= 0.3 is 6.03 Å². The molecular formula is C27H22ClIN2O5. The lowest BCUT2D eigenvalue weighted by molar-refractivity contribution is -0.122. The van der Waals surface area contributed by atoms with Gasteiger partial charge in [0, 0.05) is 5.02 Å². The lowest BCUT2D eigenvalue weighted by atomic mass is 10.0. The van der Waals surface area contributed by atoms with E-state index in [2.05, 4.69) is 27.9 Å². The maximum absolute atomic E-state index is 13.3. The Morgan fingerprint density at radius 2 is 1.75 bits per heavy atom. The standard InChI is InChI=1S/C27H22ClIN2O5/c1-15-4-9-22(16(2)10-15)31-26(33)20(25(32)30-27(31)34)11-18-12-21(29)24(23(13-18)35-3)36-14-17-5-7-19(28)8-6-17/h4-13H,14H2,1-3H3,(H,30,32,34)/b20-11+. The number of methoxy groups -OCH3 is 1. The van der Waals surface area contributed by atoms with Gasteiger partial charge in [-0.25, -0.2) is 9.69 Å². The number of urea groups is 1. The minimum atomic E-state index is -0.785. The number of nitrogens with one attached hydrogen (secondary N) is 1. The van der Waals surface area contributed by atoms with Crippen molar-refractivity contribution in [1.82, 2.24) is 5.32 Å². The SMILES string of the molecule is COc1cc(/C=C2\C(=O)NC(=O)N(c3ccc(C)cc3C)C2=O)cc(I)c1OCc1ccc(Cl)cc1. The number of ether oxygens (including phenoxy) is 2. The maximum atomic E-state index is 13.3. The van der Waals surface area contributed by atoms with Crippen LogP contribution < -0.4 is 19.7 Å². The van der Waals surface area contributed by atoms with Crippen LogP contribution in [0.15, 0.2) is 60.2 Å². The molecule has 1 saturated heterocycles. The van der Waals surface area contributed by atoms with Crippen molar-refractivity contribution in [3.8, 4) is 11.5 Å². The van der Waals surface area contributed by atoms with Crippen molar-refractivity contribution in [2.24, 2.45) is 0 Å². The lowest BCUT2D eigenvalue weighted by Gasteiger charge is -2.27. The first-order chi connectivity index (χ1) is 17.2. The molecule has 0 saturated carbocycles. The van der Waals surface area contributed by atoms with Gasteiger partial charge in [-0.1, -0.05) is 41.4 Å². The number of benzene rings is 3. The topological polar surface area (TPSA) is 84.9 Å². The third-order valence-electron chi connectivity index (χ3n) is 5.55. The van der Waals surface area contributed by atoms with Gasteiger partial charge in [-0.2, -0.15) is 0 Å². The van der Waals surface area contributed by atoms with Gasteiger partial charge in [-0.15, -0.1) is 0 Å². The number of imide groups is 2. The van der Waals surface area contributed by atoms with Crippen molar-refractivity contribution in [3.63, 3.8) is 0 Å². The van der Waals surface area contributed by atoms with Gasteiger partial charge in [-0.3, -0.25) is 14.9 Å². The molecule has 0 radical (unpaired) electrons. The molecule has 1 heterocycles. The van der Waals surface area contributed by atoms with Gasteiger partial charge in [0.2, 0.25) is 0 Å². The fourth-order valence-electron chi connectivity index (χ4n) is 3.80. The number of carbonyl (C=O) groups is 3. The quantitative estimate of drug-likeness (QED) is 0.215. The molecule has 184 valence electrons. The highest BCUT2D eigenvalue weighted by atomic mass is 127. The Morgan fingerprint density at radius 3 is 2.42 bits per heavy atom. The molecule has 0 spiro atoms. The number of rotatable bonds is 6. The third kappa shape index (κ3) is 5.39. The van der Waals surface area contributed by atoms with Crippen LogP contribution in [-0.2, 0) is 16.2 Å². The summed E-state index contributed by atoms with van der Waals surface area (Å²) in [4.78, 5) is 39.4. The van der Waals surface area contributed by atoms with E-state index in [0.717, 1.165) is 25.2 Å². The van der Waals surface area contributed by atoms with Gasteiger partial charge in [0.25, 0.3) is 11.8 Å². The summed E-state index contributed by atoms with van der Waals surface area (Å²) in [5, 5.41) is 2.90. The summed E-state index contributed by atoms with van der Waals surface area (Å²) in [5.74, 6) is -0.494. The highest BCUT2D eigenvalue weighted by Gasteiger charge is 2.37. The lowest BCUT2D eigenvalue weighted by Crippen LogP contribution is -2.54. The van der Waals surface area contributed by atoms with Crippen molar-refractivity contribution in [3.05, 3.63) is 91.0 Å². The molecule has 0 aromatic heterocycles. The zero-order chi connectivity index (χ0) is 26.0. The number of aryl methyl sites for hydroxylation is 2. The van der Waals surface area contributed by atoms with Gasteiger partial charge in [0.1, 0.15) is 12.2 Å². The molecule has 3 aromatic rings. The van der Waals surface area contributed by atoms with E-state index in [-0.39, 0.29) is 5.57 Å². The van der Waals surface area contributed by atoms with Crippen LogP contribution in [-0.4, -0.2) is 25.0 Å². The Bertz CT molecular complexity index is 1400. The summed E-state index contributed by atoms with van der Waals surface area (Å²) < 4.78 is 12.2. The van der Waals surface area contributed by atoms with Crippen molar-refractivity contribution < 1.29 is 23.9 Å². The molecule has 7 nitrogen and oxygen atoms in total. The minimum Gasteiger partial charge on any atom is -0.493 e. The van der Waals surface area contributed by atoms with Crippen LogP contribution in [0.5, 0.6) is 11.5 Å². The largest absolute Gasteiger partial charge is 0.493 e. The van der Waals surface area contributed by atoms with E-state index in [9.17, 15) is 14.4 Å². The van der Waals surface area contributed by atoms with E-state index >= 15 is 0 Å². The minimum absolute atomic E-state index is 0.165. The second-order valence-electron chi connectivity index (χ2n) is 8.20. The van der Waals surface area contributed by atoms with E-state index < -0.39 is 17.8 Å². The molecule has 1 N–H and O–H groups in total. The number of hydrogen-bond acceptors (Lipinski definition) is 5. The molecule has 0 atom stereocenters. The van der Waals surface area contributed by atoms with E-state index in [0.29, 0.717) is 34.4 Å². The summed E-state index contributed by atoms with van der Waals surface area (Å²) in [7, 11) is 1.51. The Kier molecular flexibility index (Phi) is 7.65. The number of amides is 4. The molecule has 1 aliphatic rings. The van der Waals surface area contributed by atoms with E-state index in [4.69, 9.17) is 21.1 Å². The summed E-state index contributed by atoms with van der Waals surface area (Å²) in [6.07, 6.45) is 1.44. The van der Waals surface area contributed by atoms with E-state index in [1.54, 1.807) is 43.3 Å². The number of barbiturate groups is 1. The normalized spacial score (nSPS) is 14.8. The van der Waals surface area contributed by atoms with Crippen molar-refractivity contribution in [1.29, 1.82) is 0 Å². The van der Waals surface area contributed by atoms with E-state index in [1.165, 1.54) is 13.2 Å². The molecule has 36 heavy (non-hydrogen) atoms.